The topological polar surface area (TPSA) is 58.4 Å². The summed E-state index contributed by atoms with van der Waals surface area (Å²) in [5.74, 6) is 5.71. The molecule has 0 heterocycles. The molecule has 0 bridgehead atoms. The van der Waals surface area contributed by atoms with Gasteiger partial charge in [-0.2, -0.15) is 0 Å². The van der Waals surface area contributed by atoms with E-state index in [1.165, 1.54) is 18.4 Å². The molecule has 0 aliphatic heterocycles. The first-order valence-electron chi connectivity index (χ1n) is 6.52. The second kappa shape index (κ2) is 6.03. The number of benzene rings is 1. The van der Waals surface area contributed by atoms with Crippen LogP contribution in [-0.4, -0.2) is 23.9 Å². The van der Waals surface area contributed by atoms with E-state index in [1.54, 1.807) is 6.07 Å². The van der Waals surface area contributed by atoms with Crippen LogP contribution in [0.3, 0.4) is 0 Å². The molecule has 1 amide bonds. The van der Waals surface area contributed by atoms with Crippen LogP contribution in [0.1, 0.15) is 35.7 Å². The van der Waals surface area contributed by atoms with Gasteiger partial charge in [-0.05, 0) is 50.4 Å². The number of carbonyl (C=O) groups excluding carboxylic acids is 1. The number of hydrogen-bond donors (Lipinski definition) is 2. The standard InChI is InChI=1S/C14H20BrN3O/c1-9(10-3-4-10)18(2)8-12-6-5-11(7-13(12)15)14(19)17-16/h5-7,9-10H,3-4,8,16H2,1-2H3,(H,17,19). The number of hydrogen-bond acceptors (Lipinski definition) is 3. The molecule has 0 aromatic heterocycles. The Bertz CT molecular complexity index is 474. The van der Waals surface area contributed by atoms with Crippen molar-refractivity contribution in [3.8, 4) is 0 Å². The molecule has 0 radical (unpaired) electrons. The van der Waals surface area contributed by atoms with Gasteiger partial charge < -0.3 is 0 Å². The molecule has 104 valence electrons. The summed E-state index contributed by atoms with van der Waals surface area (Å²) < 4.78 is 0.948. The lowest BCUT2D eigenvalue weighted by Crippen LogP contribution is -2.31. The molecule has 3 N–H and O–H groups in total. The quantitative estimate of drug-likeness (QED) is 0.496. The SMILES string of the molecule is CC(C1CC1)N(C)Cc1ccc(C(=O)NN)cc1Br. The van der Waals surface area contributed by atoms with E-state index in [-0.39, 0.29) is 5.91 Å². The highest BCUT2D eigenvalue weighted by Gasteiger charge is 2.30. The molecule has 1 aliphatic carbocycles. The van der Waals surface area contributed by atoms with Gasteiger partial charge in [0.15, 0.2) is 0 Å². The molecular formula is C14H20BrN3O. The Morgan fingerprint density at radius 1 is 1.58 bits per heavy atom. The minimum Gasteiger partial charge on any atom is -0.299 e. The molecule has 5 heteroatoms. The van der Waals surface area contributed by atoms with Crippen molar-refractivity contribution in [2.75, 3.05) is 7.05 Å². The minimum absolute atomic E-state index is 0.271. The number of halogens is 1. The average Bonchev–Trinajstić information content (AvgIpc) is 3.23. The number of nitrogens with two attached hydrogens (primary N) is 1. The minimum atomic E-state index is -0.271. The summed E-state index contributed by atoms with van der Waals surface area (Å²) in [6.45, 7) is 3.16. The lowest BCUT2D eigenvalue weighted by molar-refractivity contribution is 0.0953. The summed E-state index contributed by atoms with van der Waals surface area (Å²) >= 11 is 3.53. The summed E-state index contributed by atoms with van der Waals surface area (Å²) in [5, 5.41) is 0. The van der Waals surface area contributed by atoms with Crippen LogP contribution in [-0.2, 0) is 6.54 Å². The zero-order valence-electron chi connectivity index (χ0n) is 11.3. The molecular weight excluding hydrogens is 306 g/mol. The van der Waals surface area contributed by atoms with Crippen LogP contribution in [0.5, 0.6) is 0 Å². The van der Waals surface area contributed by atoms with Gasteiger partial charge in [0.1, 0.15) is 0 Å². The molecule has 1 aromatic rings. The maximum absolute atomic E-state index is 11.4. The molecule has 19 heavy (non-hydrogen) atoms. The highest BCUT2D eigenvalue weighted by atomic mass is 79.9. The number of hydrazine groups is 1. The number of nitrogen functional groups attached to an aromatic ring is 1. The van der Waals surface area contributed by atoms with Crippen molar-refractivity contribution in [3.63, 3.8) is 0 Å². The van der Waals surface area contributed by atoms with E-state index in [4.69, 9.17) is 5.84 Å². The van der Waals surface area contributed by atoms with Crippen LogP contribution in [0.25, 0.3) is 0 Å². The number of nitrogens with zero attached hydrogens (tertiary/aromatic N) is 1. The van der Waals surface area contributed by atoms with Crippen LogP contribution in [0, 0.1) is 5.92 Å². The van der Waals surface area contributed by atoms with Crippen LogP contribution in [0.15, 0.2) is 22.7 Å². The normalized spacial score (nSPS) is 16.5. The van der Waals surface area contributed by atoms with Crippen molar-refractivity contribution >= 4 is 21.8 Å². The van der Waals surface area contributed by atoms with Crippen LogP contribution in [0.2, 0.25) is 0 Å². The predicted octanol–water partition coefficient (Wildman–Crippen LogP) is 2.28. The second-order valence-corrected chi connectivity index (χ2v) is 6.13. The number of amides is 1. The lowest BCUT2D eigenvalue weighted by atomic mass is 10.1. The predicted molar refractivity (Wildman–Crippen MR) is 79.4 cm³/mol. The van der Waals surface area contributed by atoms with E-state index >= 15 is 0 Å². The highest BCUT2D eigenvalue weighted by Crippen LogP contribution is 2.35. The Morgan fingerprint density at radius 2 is 2.26 bits per heavy atom. The fourth-order valence-corrected chi connectivity index (χ4v) is 2.76. The molecule has 1 unspecified atom stereocenters. The maximum atomic E-state index is 11.4. The first-order valence-corrected chi connectivity index (χ1v) is 7.32. The Labute approximate surface area is 122 Å². The van der Waals surface area contributed by atoms with Gasteiger partial charge in [0, 0.05) is 22.6 Å². The van der Waals surface area contributed by atoms with Crippen molar-refractivity contribution in [2.24, 2.45) is 11.8 Å². The zero-order valence-corrected chi connectivity index (χ0v) is 12.9. The smallest absolute Gasteiger partial charge is 0.265 e. The van der Waals surface area contributed by atoms with Crippen molar-refractivity contribution in [2.45, 2.75) is 32.4 Å². The summed E-state index contributed by atoms with van der Waals surface area (Å²) in [6.07, 6.45) is 2.70. The molecule has 0 spiro atoms. The Balaban J connectivity index is 2.06. The molecule has 1 fully saturated rings. The molecule has 1 saturated carbocycles. The summed E-state index contributed by atoms with van der Waals surface area (Å²) in [6, 6.07) is 6.20. The van der Waals surface area contributed by atoms with Gasteiger partial charge in [-0.1, -0.05) is 22.0 Å². The maximum Gasteiger partial charge on any atom is 0.265 e. The van der Waals surface area contributed by atoms with Gasteiger partial charge in [0.25, 0.3) is 5.91 Å². The van der Waals surface area contributed by atoms with Gasteiger partial charge >= 0.3 is 0 Å². The molecule has 2 rings (SSSR count). The van der Waals surface area contributed by atoms with E-state index in [0.717, 1.165) is 16.9 Å². The van der Waals surface area contributed by atoms with Crippen molar-refractivity contribution in [1.29, 1.82) is 0 Å². The van der Waals surface area contributed by atoms with E-state index in [9.17, 15) is 4.79 Å². The van der Waals surface area contributed by atoms with E-state index in [2.05, 4.69) is 40.2 Å². The van der Waals surface area contributed by atoms with E-state index < -0.39 is 0 Å². The lowest BCUT2D eigenvalue weighted by Gasteiger charge is -2.25. The van der Waals surface area contributed by atoms with Gasteiger partial charge in [-0.25, -0.2) is 5.84 Å². The van der Waals surface area contributed by atoms with Gasteiger partial charge in [-0.3, -0.25) is 15.1 Å². The van der Waals surface area contributed by atoms with Gasteiger partial charge in [-0.15, -0.1) is 0 Å². The van der Waals surface area contributed by atoms with E-state index in [0.29, 0.717) is 11.6 Å². The Kier molecular flexibility index (Phi) is 4.60. The molecule has 4 nitrogen and oxygen atoms in total. The van der Waals surface area contributed by atoms with Gasteiger partial charge in [0.2, 0.25) is 0 Å². The number of rotatable bonds is 5. The average molecular weight is 326 g/mol. The van der Waals surface area contributed by atoms with Gasteiger partial charge in [0.05, 0.1) is 0 Å². The monoisotopic (exact) mass is 325 g/mol. The number of nitrogens with one attached hydrogen (secondary N) is 1. The fraction of sp³-hybridized carbons (Fsp3) is 0.500. The van der Waals surface area contributed by atoms with Crippen LogP contribution < -0.4 is 11.3 Å². The molecule has 1 aromatic carbocycles. The Hall–Kier alpha value is -0.910. The summed E-state index contributed by atoms with van der Waals surface area (Å²) in [7, 11) is 2.15. The van der Waals surface area contributed by atoms with E-state index in [1.807, 2.05) is 12.1 Å². The third-order valence-electron chi connectivity index (χ3n) is 3.87. The first kappa shape index (κ1) is 14.5. The molecule has 1 aliphatic rings. The molecule has 0 saturated heterocycles. The van der Waals surface area contributed by atoms with Crippen molar-refractivity contribution in [1.82, 2.24) is 10.3 Å². The summed E-state index contributed by atoms with van der Waals surface area (Å²) in [5.41, 5.74) is 3.89. The van der Waals surface area contributed by atoms with Crippen LogP contribution >= 0.6 is 15.9 Å². The second-order valence-electron chi connectivity index (χ2n) is 5.27. The summed E-state index contributed by atoms with van der Waals surface area (Å²) in [4.78, 5) is 13.8. The fourth-order valence-electron chi connectivity index (χ4n) is 2.25. The van der Waals surface area contributed by atoms with Crippen LogP contribution in [0.4, 0.5) is 0 Å². The third kappa shape index (κ3) is 3.55. The Morgan fingerprint density at radius 3 is 2.79 bits per heavy atom. The largest absolute Gasteiger partial charge is 0.299 e. The molecule has 1 atom stereocenters. The first-order chi connectivity index (χ1) is 9.02. The van der Waals surface area contributed by atoms with Crippen molar-refractivity contribution < 1.29 is 4.79 Å². The number of carbonyl (C=O) groups is 1. The zero-order chi connectivity index (χ0) is 14.0. The highest BCUT2D eigenvalue weighted by molar-refractivity contribution is 9.10. The third-order valence-corrected chi connectivity index (χ3v) is 4.60. The van der Waals surface area contributed by atoms with Crippen molar-refractivity contribution in [3.05, 3.63) is 33.8 Å².